The van der Waals surface area contributed by atoms with E-state index in [0.29, 0.717) is 13.2 Å². The van der Waals surface area contributed by atoms with Crippen molar-refractivity contribution in [1.29, 1.82) is 0 Å². The lowest BCUT2D eigenvalue weighted by Crippen LogP contribution is -2.49. The fourth-order valence-electron chi connectivity index (χ4n) is 1.20. The summed E-state index contributed by atoms with van der Waals surface area (Å²) in [7, 11) is 0. The average Bonchev–Trinajstić information content (AvgIpc) is 2.53. The quantitative estimate of drug-likeness (QED) is 0.693. The molecule has 0 amide bonds. The molecule has 0 aromatic carbocycles. The van der Waals surface area contributed by atoms with Crippen LogP contribution in [0.5, 0.6) is 0 Å². The van der Waals surface area contributed by atoms with E-state index in [9.17, 15) is 8.78 Å². The summed E-state index contributed by atoms with van der Waals surface area (Å²) in [6, 6.07) is -1.93. The van der Waals surface area contributed by atoms with Crippen LogP contribution >= 0.6 is 0 Å². The normalized spacial score (nSPS) is 19.1. The second-order valence-electron chi connectivity index (χ2n) is 5.38. The Balaban J connectivity index is 0. The molecule has 0 radical (unpaired) electrons. The van der Waals surface area contributed by atoms with Crippen molar-refractivity contribution in [3.63, 3.8) is 0 Å². The fourth-order valence-corrected chi connectivity index (χ4v) is 1.20. The van der Waals surface area contributed by atoms with E-state index >= 15 is 0 Å². The van der Waals surface area contributed by atoms with E-state index in [4.69, 9.17) is 9.47 Å². The SMILES string of the molecule is C.CC(C)(C)C(C)(C)C1(F)OCCO1.CCF. The van der Waals surface area contributed by atoms with E-state index < -0.39 is 11.5 Å². The predicted molar refractivity (Wildman–Crippen MR) is 67.4 cm³/mol. The molecule has 0 aromatic rings. The Morgan fingerprint density at radius 1 is 1.06 bits per heavy atom. The summed E-state index contributed by atoms with van der Waals surface area (Å²) in [6.07, 6.45) is 0. The predicted octanol–water partition coefficient (Wildman–Crippen LogP) is 4.34. The van der Waals surface area contributed by atoms with Crippen molar-refractivity contribution in [3.8, 4) is 0 Å². The van der Waals surface area contributed by atoms with Crippen LogP contribution in [0, 0.1) is 10.8 Å². The first-order chi connectivity index (χ1) is 7.12. The van der Waals surface area contributed by atoms with Crippen molar-refractivity contribution in [1.82, 2.24) is 0 Å². The summed E-state index contributed by atoms with van der Waals surface area (Å²) < 4.78 is 34.5. The molecule has 4 heteroatoms. The molecule has 17 heavy (non-hydrogen) atoms. The molecule has 1 rings (SSSR count). The van der Waals surface area contributed by atoms with Gasteiger partial charge in [-0.3, -0.25) is 4.39 Å². The van der Waals surface area contributed by atoms with E-state index in [-0.39, 0.29) is 19.5 Å². The highest BCUT2D eigenvalue weighted by Gasteiger charge is 2.57. The van der Waals surface area contributed by atoms with Gasteiger partial charge >= 0.3 is 6.04 Å². The Labute approximate surface area is 105 Å². The number of hydrogen-bond acceptors (Lipinski definition) is 2. The first kappa shape index (κ1) is 19.1. The Hall–Kier alpha value is -0.220. The molecule has 106 valence electrons. The van der Waals surface area contributed by atoms with Crippen LogP contribution in [0.25, 0.3) is 0 Å². The third-order valence-electron chi connectivity index (χ3n) is 3.28. The van der Waals surface area contributed by atoms with Crippen LogP contribution in [-0.2, 0) is 9.47 Å². The number of alkyl halides is 2. The van der Waals surface area contributed by atoms with Crippen molar-refractivity contribution in [2.75, 3.05) is 19.9 Å². The highest BCUT2D eigenvalue weighted by Crippen LogP contribution is 2.50. The van der Waals surface area contributed by atoms with E-state index in [1.165, 1.54) is 6.92 Å². The Bertz CT molecular complexity index is 204. The summed E-state index contributed by atoms with van der Waals surface area (Å²) in [5.41, 5.74) is -0.859. The summed E-state index contributed by atoms with van der Waals surface area (Å²) in [6.45, 7) is 11.5. The average molecular weight is 254 g/mol. The molecule has 1 aliphatic rings. The van der Waals surface area contributed by atoms with Gasteiger partial charge in [-0.2, -0.15) is 4.39 Å². The molecule has 1 fully saturated rings. The summed E-state index contributed by atoms with van der Waals surface area (Å²) in [4.78, 5) is 0. The third-order valence-corrected chi connectivity index (χ3v) is 3.28. The number of ether oxygens (including phenoxy) is 2. The van der Waals surface area contributed by atoms with E-state index in [1.54, 1.807) is 0 Å². The first-order valence-electron chi connectivity index (χ1n) is 5.65. The van der Waals surface area contributed by atoms with E-state index in [1.807, 2.05) is 34.6 Å². The Morgan fingerprint density at radius 2 is 1.35 bits per heavy atom. The molecule has 0 aliphatic carbocycles. The highest BCUT2D eigenvalue weighted by atomic mass is 19.2. The molecule has 1 heterocycles. The maximum Gasteiger partial charge on any atom is 0.326 e. The van der Waals surface area contributed by atoms with Crippen molar-refractivity contribution in [2.45, 2.75) is 55.0 Å². The van der Waals surface area contributed by atoms with Crippen LogP contribution in [0.1, 0.15) is 49.0 Å². The van der Waals surface area contributed by atoms with Gasteiger partial charge in [0.2, 0.25) is 0 Å². The minimum atomic E-state index is -1.93. The molecule has 0 N–H and O–H groups in total. The van der Waals surface area contributed by atoms with Gasteiger partial charge in [0.1, 0.15) is 0 Å². The van der Waals surface area contributed by atoms with Gasteiger partial charge in [0.05, 0.1) is 25.3 Å². The standard InChI is InChI=1S/C10H19FO2.C2H5F.CH4/c1-8(2,3)9(4,5)10(11)12-6-7-13-10;1-2-3;/h6-7H2,1-5H3;2H2,1H3;1H4. The molecular formula is C13H28F2O2. The summed E-state index contributed by atoms with van der Waals surface area (Å²) in [5.74, 6) is 0. The van der Waals surface area contributed by atoms with Gasteiger partial charge in [0, 0.05) is 0 Å². The van der Waals surface area contributed by atoms with Gasteiger partial charge in [-0.25, -0.2) is 0 Å². The number of rotatable bonds is 1. The molecule has 1 aliphatic heterocycles. The smallest absolute Gasteiger partial charge is 0.321 e. The van der Waals surface area contributed by atoms with Crippen LogP contribution in [-0.4, -0.2) is 25.9 Å². The molecular weight excluding hydrogens is 226 g/mol. The fraction of sp³-hybridized carbons (Fsp3) is 1.00. The van der Waals surface area contributed by atoms with Gasteiger partial charge in [0.15, 0.2) is 0 Å². The van der Waals surface area contributed by atoms with E-state index in [0.717, 1.165) is 0 Å². The largest absolute Gasteiger partial charge is 0.326 e. The molecule has 0 saturated carbocycles. The van der Waals surface area contributed by atoms with Crippen molar-refractivity contribution in [2.24, 2.45) is 10.8 Å². The maximum atomic E-state index is 14.1. The topological polar surface area (TPSA) is 18.5 Å². The molecule has 1 saturated heterocycles. The lowest BCUT2D eigenvalue weighted by Gasteiger charge is -2.44. The molecule has 0 bridgehead atoms. The second-order valence-corrected chi connectivity index (χ2v) is 5.38. The van der Waals surface area contributed by atoms with Crippen LogP contribution < -0.4 is 0 Å². The lowest BCUT2D eigenvalue weighted by molar-refractivity contribution is -0.335. The van der Waals surface area contributed by atoms with Gasteiger partial charge < -0.3 is 9.47 Å². The number of halogens is 2. The van der Waals surface area contributed by atoms with E-state index in [2.05, 4.69) is 0 Å². The van der Waals surface area contributed by atoms with Crippen molar-refractivity contribution >= 4 is 0 Å². The summed E-state index contributed by atoms with van der Waals surface area (Å²) in [5, 5.41) is 0. The molecule has 0 unspecified atom stereocenters. The number of hydrogen-bond donors (Lipinski definition) is 0. The lowest BCUT2D eigenvalue weighted by atomic mass is 9.68. The minimum Gasteiger partial charge on any atom is -0.321 e. The molecule has 2 nitrogen and oxygen atoms in total. The second kappa shape index (κ2) is 6.64. The maximum absolute atomic E-state index is 14.1. The first-order valence-corrected chi connectivity index (χ1v) is 5.65. The van der Waals surface area contributed by atoms with Gasteiger partial charge in [-0.15, -0.1) is 0 Å². The monoisotopic (exact) mass is 254 g/mol. The Kier molecular flexibility index (Phi) is 7.47. The summed E-state index contributed by atoms with van der Waals surface area (Å²) >= 11 is 0. The van der Waals surface area contributed by atoms with Gasteiger partial charge in [-0.1, -0.05) is 42.0 Å². The molecule has 0 spiro atoms. The third kappa shape index (κ3) is 4.18. The molecule has 0 aromatic heterocycles. The van der Waals surface area contributed by atoms with Gasteiger partial charge in [0.25, 0.3) is 0 Å². The van der Waals surface area contributed by atoms with Crippen LogP contribution in [0.2, 0.25) is 0 Å². The molecule has 0 atom stereocenters. The van der Waals surface area contributed by atoms with Crippen LogP contribution in [0.4, 0.5) is 8.78 Å². The van der Waals surface area contributed by atoms with Crippen molar-refractivity contribution in [3.05, 3.63) is 0 Å². The zero-order valence-electron chi connectivity index (χ0n) is 11.2. The highest BCUT2D eigenvalue weighted by molar-refractivity contribution is 4.91. The van der Waals surface area contributed by atoms with Gasteiger partial charge in [-0.05, 0) is 12.3 Å². The zero-order valence-corrected chi connectivity index (χ0v) is 11.2. The van der Waals surface area contributed by atoms with Crippen LogP contribution in [0.3, 0.4) is 0 Å². The zero-order chi connectivity index (χ0) is 13.0. The Morgan fingerprint density at radius 3 is 1.59 bits per heavy atom. The van der Waals surface area contributed by atoms with Crippen LogP contribution in [0.15, 0.2) is 0 Å². The minimum absolute atomic E-state index is 0. The van der Waals surface area contributed by atoms with Crippen molar-refractivity contribution < 1.29 is 18.3 Å².